The van der Waals surface area contributed by atoms with E-state index in [0.29, 0.717) is 17.4 Å². The first-order valence-corrected chi connectivity index (χ1v) is 11.9. The topological polar surface area (TPSA) is 129 Å². The predicted octanol–water partition coefficient (Wildman–Crippen LogP) is 0.972. The zero-order valence-electron chi connectivity index (χ0n) is 16.6. The number of aromatic nitrogens is 3. The molecule has 0 spiro atoms. The molecule has 1 amide bonds. The molecule has 0 unspecified atom stereocenters. The highest BCUT2D eigenvalue weighted by Crippen LogP contribution is 2.25. The van der Waals surface area contributed by atoms with Crippen LogP contribution in [0.5, 0.6) is 5.75 Å². The number of carbonyl (C=O) groups is 1. The Morgan fingerprint density at radius 2 is 2.07 bits per heavy atom. The third-order valence-electron chi connectivity index (χ3n) is 4.72. The number of para-hydroxylation sites is 1. The molecular formula is C18H25N5O4S2. The van der Waals surface area contributed by atoms with Crippen molar-refractivity contribution < 1.29 is 17.9 Å². The second-order valence-electron chi connectivity index (χ2n) is 7.15. The molecule has 2 heterocycles. The summed E-state index contributed by atoms with van der Waals surface area (Å²) in [6.45, 7) is 5.79. The van der Waals surface area contributed by atoms with Crippen LogP contribution in [0.1, 0.15) is 30.3 Å². The molecule has 1 fully saturated rings. The molecule has 3 rings (SSSR count). The van der Waals surface area contributed by atoms with E-state index in [-0.39, 0.29) is 30.1 Å². The van der Waals surface area contributed by atoms with Crippen LogP contribution in [-0.4, -0.2) is 52.0 Å². The van der Waals surface area contributed by atoms with Crippen LogP contribution in [0.15, 0.2) is 23.4 Å². The molecule has 2 aromatic rings. The fraction of sp³-hybridized carbons (Fsp3) is 0.500. The van der Waals surface area contributed by atoms with Crippen molar-refractivity contribution in [1.82, 2.24) is 20.2 Å². The molecule has 1 aromatic carbocycles. The van der Waals surface area contributed by atoms with Gasteiger partial charge in [-0.15, -0.1) is 10.2 Å². The van der Waals surface area contributed by atoms with Gasteiger partial charge in [0.05, 0.1) is 16.8 Å². The van der Waals surface area contributed by atoms with Crippen molar-refractivity contribution in [3.05, 3.63) is 35.2 Å². The number of aryl methyl sites for hydroxylation is 2. The largest absolute Gasteiger partial charge is 0.485 e. The summed E-state index contributed by atoms with van der Waals surface area (Å²) < 4.78 is 30.2. The van der Waals surface area contributed by atoms with Gasteiger partial charge < -0.3 is 15.9 Å². The Hall–Kier alpha value is -2.27. The van der Waals surface area contributed by atoms with E-state index in [4.69, 9.17) is 10.6 Å². The van der Waals surface area contributed by atoms with Crippen molar-refractivity contribution in [1.29, 1.82) is 0 Å². The zero-order valence-corrected chi connectivity index (χ0v) is 18.2. The van der Waals surface area contributed by atoms with Gasteiger partial charge in [0.25, 0.3) is 0 Å². The first-order valence-electron chi connectivity index (χ1n) is 9.22. The van der Waals surface area contributed by atoms with Gasteiger partial charge in [0.1, 0.15) is 12.4 Å². The highest BCUT2D eigenvalue weighted by molar-refractivity contribution is 8.00. The summed E-state index contributed by atoms with van der Waals surface area (Å²) in [5.41, 5.74) is 2.03. The summed E-state index contributed by atoms with van der Waals surface area (Å²) in [4.78, 5) is 12.4. The molecule has 1 aromatic heterocycles. The lowest BCUT2D eigenvalue weighted by atomic mass is 10.1. The molecule has 0 aliphatic carbocycles. The van der Waals surface area contributed by atoms with Gasteiger partial charge in [-0.05, 0) is 38.3 Å². The predicted molar refractivity (Wildman–Crippen MR) is 111 cm³/mol. The standard InChI is InChI=1S/C18H25N5O4S2/c1-11-5-4-6-12(2)16(11)27-9-15-21-22-18(23(15)19)28-13(3)17(24)20-14-7-8-29(25,26)10-14/h4-6,13-14H,7-10,19H2,1-3H3,(H,20,24)/t13-,14-/m0/s1. The average molecular weight is 440 g/mol. The normalized spacial score (nSPS) is 19.1. The van der Waals surface area contributed by atoms with E-state index >= 15 is 0 Å². The molecule has 0 bridgehead atoms. The highest BCUT2D eigenvalue weighted by Gasteiger charge is 2.30. The smallest absolute Gasteiger partial charge is 0.233 e. The first kappa shape index (κ1) is 21.4. The SMILES string of the molecule is Cc1cccc(C)c1OCc1nnc(S[C@@H](C)C(=O)N[C@H]2CCS(=O)(=O)C2)n1N. The Morgan fingerprint density at radius 3 is 2.69 bits per heavy atom. The Bertz CT molecular complexity index is 985. The van der Waals surface area contributed by atoms with Gasteiger partial charge in [-0.3, -0.25) is 4.79 Å². The van der Waals surface area contributed by atoms with E-state index in [1.165, 1.54) is 4.68 Å². The number of benzene rings is 1. The number of hydrogen-bond acceptors (Lipinski definition) is 8. The molecule has 0 saturated carbocycles. The summed E-state index contributed by atoms with van der Waals surface area (Å²) in [5.74, 6) is 7.13. The molecule has 1 aliphatic heterocycles. The lowest BCUT2D eigenvalue weighted by molar-refractivity contribution is -0.120. The number of sulfone groups is 1. The van der Waals surface area contributed by atoms with E-state index in [1.54, 1.807) is 6.92 Å². The molecular weight excluding hydrogens is 414 g/mol. The minimum Gasteiger partial charge on any atom is -0.485 e. The molecule has 1 saturated heterocycles. The number of ether oxygens (including phenoxy) is 1. The summed E-state index contributed by atoms with van der Waals surface area (Å²) in [5, 5.41) is 10.8. The lowest BCUT2D eigenvalue weighted by Gasteiger charge is -2.15. The van der Waals surface area contributed by atoms with Gasteiger partial charge in [0.15, 0.2) is 15.7 Å². The van der Waals surface area contributed by atoms with E-state index in [2.05, 4.69) is 15.5 Å². The molecule has 29 heavy (non-hydrogen) atoms. The van der Waals surface area contributed by atoms with Gasteiger partial charge in [-0.1, -0.05) is 30.0 Å². The third-order valence-corrected chi connectivity index (χ3v) is 7.54. The molecule has 1 aliphatic rings. The van der Waals surface area contributed by atoms with Gasteiger partial charge in [-0.2, -0.15) is 0 Å². The minimum atomic E-state index is -3.05. The Kier molecular flexibility index (Phi) is 6.37. The summed E-state index contributed by atoms with van der Waals surface area (Å²) in [7, 11) is -3.05. The number of amides is 1. The number of rotatable bonds is 7. The molecule has 0 radical (unpaired) electrons. The van der Waals surface area contributed by atoms with Crippen LogP contribution in [0.3, 0.4) is 0 Å². The maximum Gasteiger partial charge on any atom is 0.233 e. The third kappa shape index (κ3) is 5.21. The maximum absolute atomic E-state index is 12.4. The van der Waals surface area contributed by atoms with E-state index in [1.807, 2.05) is 32.0 Å². The number of nitrogens with zero attached hydrogens (tertiary/aromatic N) is 3. The van der Waals surface area contributed by atoms with Crippen molar-refractivity contribution in [2.75, 3.05) is 17.3 Å². The van der Waals surface area contributed by atoms with Gasteiger partial charge >= 0.3 is 0 Å². The highest BCUT2D eigenvalue weighted by atomic mass is 32.2. The van der Waals surface area contributed by atoms with Crippen LogP contribution in [0.2, 0.25) is 0 Å². The van der Waals surface area contributed by atoms with Gasteiger partial charge in [0.2, 0.25) is 11.1 Å². The van der Waals surface area contributed by atoms with Gasteiger partial charge in [0, 0.05) is 6.04 Å². The van der Waals surface area contributed by atoms with Crippen LogP contribution in [0.4, 0.5) is 0 Å². The Balaban J connectivity index is 1.58. The Labute approximate surface area is 174 Å². The summed E-state index contributed by atoms with van der Waals surface area (Å²) in [6.07, 6.45) is 0.443. The first-order chi connectivity index (χ1) is 13.7. The minimum absolute atomic E-state index is 0.0109. The molecule has 11 heteroatoms. The second kappa shape index (κ2) is 8.62. The number of nitrogen functional groups attached to an aromatic ring is 1. The number of nitrogens with one attached hydrogen (secondary N) is 1. The monoisotopic (exact) mass is 439 g/mol. The van der Waals surface area contributed by atoms with Crippen LogP contribution in [0.25, 0.3) is 0 Å². The van der Waals surface area contributed by atoms with Crippen molar-refractivity contribution in [2.24, 2.45) is 0 Å². The summed E-state index contributed by atoms with van der Waals surface area (Å²) in [6, 6.07) is 5.55. The van der Waals surface area contributed by atoms with Gasteiger partial charge in [-0.25, -0.2) is 13.1 Å². The van der Waals surface area contributed by atoms with Crippen molar-refractivity contribution in [3.8, 4) is 5.75 Å². The van der Waals surface area contributed by atoms with Crippen molar-refractivity contribution in [3.63, 3.8) is 0 Å². The number of hydrogen-bond donors (Lipinski definition) is 2. The second-order valence-corrected chi connectivity index (χ2v) is 10.7. The Morgan fingerprint density at radius 1 is 1.38 bits per heavy atom. The number of carbonyl (C=O) groups excluding carboxylic acids is 1. The molecule has 158 valence electrons. The van der Waals surface area contributed by atoms with E-state index in [0.717, 1.165) is 28.6 Å². The van der Waals surface area contributed by atoms with E-state index in [9.17, 15) is 13.2 Å². The molecule has 2 atom stereocenters. The van der Waals surface area contributed by atoms with Crippen LogP contribution in [-0.2, 0) is 21.2 Å². The maximum atomic E-state index is 12.4. The van der Waals surface area contributed by atoms with Crippen LogP contribution >= 0.6 is 11.8 Å². The fourth-order valence-corrected chi connectivity index (χ4v) is 5.56. The molecule has 9 nitrogen and oxygen atoms in total. The quantitative estimate of drug-likeness (QED) is 0.482. The molecule has 3 N–H and O–H groups in total. The van der Waals surface area contributed by atoms with Crippen LogP contribution in [0, 0.1) is 13.8 Å². The average Bonchev–Trinajstić information content (AvgIpc) is 3.16. The van der Waals surface area contributed by atoms with Crippen molar-refractivity contribution >= 4 is 27.5 Å². The van der Waals surface area contributed by atoms with Crippen LogP contribution < -0.4 is 15.9 Å². The number of nitrogens with two attached hydrogens (primary N) is 1. The fourth-order valence-electron chi connectivity index (χ4n) is 3.09. The lowest BCUT2D eigenvalue weighted by Crippen LogP contribution is -2.40. The number of thioether (sulfide) groups is 1. The summed E-state index contributed by atoms with van der Waals surface area (Å²) >= 11 is 1.16. The van der Waals surface area contributed by atoms with Crippen molar-refractivity contribution in [2.45, 2.75) is 50.2 Å². The van der Waals surface area contributed by atoms with E-state index < -0.39 is 15.1 Å². The zero-order chi connectivity index (χ0) is 21.2.